The number of morpholine rings is 1. The van der Waals surface area contributed by atoms with Crippen LogP contribution >= 0.6 is 0 Å². The van der Waals surface area contributed by atoms with Gasteiger partial charge in [-0.2, -0.15) is 0 Å². The minimum atomic E-state index is -0.712. The quantitative estimate of drug-likeness (QED) is 0.314. The number of hydrogen-bond donors (Lipinski definition) is 3. The van der Waals surface area contributed by atoms with Crippen molar-refractivity contribution in [2.45, 2.75) is 44.6 Å². The lowest BCUT2D eigenvalue weighted by atomic mass is 9.75. The molecule has 4 N–H and O–H groups in total. The van der Waals surface area contributed by atoms with Crippen molar-refractivity contribution >= 4 is 11.9 Å². The molecule has 2 fully saturated rings. The molecule has 1 heterocycles. The van der Waals surface area contributed by atoms with Gasteiger partial charge in [-0.15, -0.1) is 0 Å². The van der Waals surface area contributed by atoms with Gasteiger partial charge < -0.3 is 25.9 Å². The highest BCUT2D eigenvalue weighted by molar-refractivity contribution is 5.93. The number of oxime groups is 1. The second-order valence-corrected chi connectivity index (χ2v) is 5.95. The van der Waals surface area contributed by atoms with Gasteiger partial charge in [0.1, 0.15) is 5.54 Å². The van der Waals surface area contributed by atoms with Gasteiger partial charge in [-0.05, 0) is 31.6 Å². The SMILES string of the molecule is CCC1CCC(NC(=O)N2CCOCC2)(C(N)=NO)CC1. The molecule has 1 saturated carbocycles. The highest BCUT2D eigenvalue weighted by Gasteiger charge is 2.41. The Labute approximate surface area is 125 Å². The molecule has 0 spiro atoms. The molecular weight excluding hydrogens is 272 g/mol. The molecule has 2 rings (SSSR count). The zero-order chi connectivity index (χ0) is 15.3. The van der Waals surface area contributed by atoms with Crippen molar-refractivity contribution in [1.29, 1.82) is 0 Å². The molecule has 0 bridgehead atoms. The van der Waals surface area contributed by atoms with Gasteiger partial charge >= 0.3 is 6.03 Å². The lowest BCUT2D eigenvalue weighted by molar-refractivity contribution is 0.0509. The summed E-state index contributed by atoms with van der Waals surface area (Å²) in [7, 11) is 0. The molecule has 0 unspecified atom stereocenters. The van der Waals surface area contributed by atoms with Gasteiger partial charge in [0.2, 0.25) is 0 Å². The van der Waals surface area contributed by atoms with Crippen LogP contribution in [-0.2, 0) is 4.74 Å². The van der Waals surface area contributed by atoms with Crippen LogP contribution in [0.5, 0.6) is 0 Å². The normalized spacial score (nSPS) is 31.0. The number of ether oxygens (including phenoxy) is 1. The van der Waals surface area contributed by atoms with E-state index in [1.165, 1.54) is 0 Å². The summed E-state index contributed by atoms with van der Waals surface area (Å²) in [4.78, 5) is 14.1. The maximum atomic E-state index is 12.4. The number of carbonyl (C=O) groups is 1. The van der Waals surface area contributed by atoms with Crippen molar-refractivity contribution in [3.05, 3.63) is 0 Å². The molecule has 0 radical (unpaired) electrons. The predicted octanol–water partition coefficient (Wildman–Crippen LogP) is 1.11. The van der Waals surface area contributed by atoms with Crippen molar-refractivity contribution < 1.29 is 14.7 Å². The third-order valence-electron chi connectivity index (χ3n) is 4.78. The Bertz CT molecular complexity index is 386. The standard InChI is InChI=1S/C14H26N4O3/c1-2-11-3-5-14(6-4-11,12(15)17-20)16-13(19)18-7-9-21-10-8-18/h11,20H,2-10H2,1H3,(H2,15,17)(H,16,19). The lowest BCUT2D eigenvalue weighted by Crippen LogP contribution is -2.62. The van der Waals surface area contributed by atoms with Crippen molar-refractivity contribution in [2.75, 3.05) is 26.3 Å². The van der Waals surface area contributed by atoms with Crippen LogP contribution in [0.15, 0.2) is 5.16 Å². The van der Waals surface area contributed by atoms with Crippen molar-refractivity contribution in [2.24, 2.45) is 16.8 Å². The van der Waals surface area contributed by atoms with Crippen molar-refractivity contribution in [1.82, 2.24) is 10.2 Å². The number of amides is 2. The summed E-state index contributed by atoms with van der Waals surface area (Å²) in [5.41, 5.74) is 5.18. The second kappa shape index (κ2) is 6.98. The van der Waals surface area contributed by atoms with E-state index >= 15 is 0 Å². The van der Waals surface area contributed by atoms with E-state index in [0.717, 1.165) is 32.1 Å². The van der Waals surface area contributed by atoms with Gasteiger partial charge in [-0.1, -0.05) is 18.5 Å². The molecule has 0 atom stereocenters. The fraction of sp³-hybridized carbons (Fsp3) is 0.857. The Morgan fingerprint density at radius 1 is 1.43 bits per heavy atom. The Kier molecular flexibility index (Phi) is 5.27. The van der Waals surface area contributed by atoms with E-state index in [1.807, 2.05) is 0 Å². The third-order valence-corrected chi connectivity index (χ3v) is 4.78. The van der Waals surface area contributed by atoms with Gasteiger partial charge in [0.05, 0.1) is 13.2 Å². The summed E-state index contributed by atoms with van der Waals surface area (Å²) in [6.07, 6.45) is 4.53. The molecular formula is C14H26N4O3. The van der Waals surface area contributed by atoms with E-state index in [1.54, 1.807) is 4.90 Å². The first kappa shape index (κ1) is 15.9. The molecule has 7 nitrogen and oxygen atoms in total. The van der Waals surface area contributed by atoms with E-state index in [0.29, 0.717) is 32.2 Å². The van der Waals surface area contributed by atoms with Gasteiger partial charge in [0.25, 0.3) is 0 Å². The maximum absolute atomic E-state index is 12.4. The summed E-state index contributed by atoms with van der Waals surface area (Å²) < 4.78 is 5.25. The van der Waals surface area contributed by atoms with Crippen LogP contribution in [0.2, 0.25) is 0 Å². The number of rotatable bonds is 3. The molecule has 1 aliphatic heterocycles. The fourth-order valence-electron chi connectivity index (χ4n) is 3.17. The van der Waals surface area contributed by atoms with Gasteiger partial charge in [-0.25, -0.2) is 4.79 Å². The van der Waals surface area contributed by atoms with E-state index < -0.39 is 5.54 Å². The molecule has 0 aromatic heterocycles. The molecule has 21 heavy (non-hydrogen) atoms. The minimum absolute atomic E-state index is 0.110. The monoisotopic (exact) mass is 298 g/mol. The Morgan fingerprint density at radius 2 is 2.05 bits per heavy atom. The van der Waals surface area contributed by atoms with Crippen molar-refractivity contribution in [3.63, 3.8) is 0 Å². The van der Waals surface area contributed by atoms with Crippen LogP contribution in [0.25, 0.3) is 0 Å². The first-order chi connectivity index (χ1) is 10.1. The van der Waals surface area contributed by atoms with Crippen LogP contribution < -0.4 is 11.1 Å². The Balaban J connectivity index is 2.04. The zero-order valence-corrected chi connectivity index (χ0v) is 12.7. The van der Waals surface area contributed by atoms with Crippen LogP contribution in [0, 0.1) is 5.92 Å². The molecule has 1 saturated heterocycles. The van der Waals surface area contributed by atoms with Crippen LogP contribution in [0.4, 0.5) is 4.79 Å². The average Bonchev–Trinajstić information content (AvgIpc) is 2.55. The third kappa shape index (κ3) is 3.58. The van der Waals surface area contributed by atoms with E-state index in [-0.39, 0.29) is 11.9 Å². The molecule has 0 aromatic rings. The molecule has 2 aliphatic rings. The second-order valence-electron chi connectivity index (χ2n) is 5.95. The minimum Gasteiger partial charge on any atom is -0.409 e. The fourth-order valence-corrected chi connectivity index (χ4v) is 3.17. The lowest BCUT2D eigenvalue weighted by Gasteiger charge is -2.41. The molecule has 1 aliphatic carbocycles. The number of hydrogen-bond acceptors (Lipinski definition) is 4. The van der Waals surface area contributed by atoms with E-state index in [4.69, 9.17) is 15.7 Å². The van der Waals surface area contributed by atoms with Crippen LogP contribution in [0.3, 0.4) is 0 Å². The molecule has 2 amide bonds. The molecule has 0 aromatic carbocycles. The smallest absolute Gasteiger partial charge is 0.318 e. The highest BCUT2D eigenvalue weighted by Crippen LogP contribution is 2.34. The summed E-state index contributed by atoms with van der Waals surface area (Å²) in [6, 6.07) is -0.153. The molecule has 120 valence electrons. The van der Waals surface area contributed by atoms with Crippen LogP contribution in [0.1, 0.15) is 39.0 Å². The van der Waals surface area contributed by atoms with Gasteiger partial charge in [-0.3, -0.25) is 0 Å². The molecule has 7 heteroatoms. The zero-order valence-electron chi connectivity index (χ0n) is 12.7. The number of urea groups is 1. The largest absolute Gasteiger partial charge is 0.409 e. The first-order valence-corrected chi connectivity index (χ1v) is 7.74. The van der Waals surface area contributed by atoms with Gasteiger partial charge in [0, 0.05) is 13.1 Å². The van der Waals surface area contributed by atoms with Gasteiger partial charge in [0.15, 0.2) is 5.84 Å². The average molecular weight is 298 g/mol. The summed E-state index contributed by atoms with van der Waals surface area (Å²) in [6.45, 7) is 4.45. The Hall–Kier alpha value is -1.50. The summed E-state index contributed by atoms with van der Waals surface area (Å²) in [5.74, 6) is 0.767. The summed E-state index contributed by atoms with van der Waals surface area (Å²) >= 11 is 0. The number of nitrogens with one attached hydrogen (secondary N) is 1. The van der Waals surface area contributed by atoms with Crippen molar-refractivity contribution in [3.8, 4) is 0 Å². The number of nitrogens with two attached hydrogens (primary N) is 1. The summed E-state index contributed by atoms with van der Waals surface area (Å²) in [5, 5.41) is 15.3. The first-order valence-electron chi connectivity index (χ1n) is 7.74. The van der Waals surface area contributed by atoms with E-state index in [9.17, 15) is 4.79 Å². The highest BCUT2D eigenvalue weighted by atomic mass is 16.5. The number of nitrogens with zero attached hydrogens (tertiary/aromatic N) is 2. The predicted molar refractivity (Wildman–Crippen MR) is 79.3 cm³/mol. The maximum Gasteiger partial charge on any atom is 0.318 e. The number of carbonyl (C=O) groups excluding carboxylic acids is 1. The Morgan fingerprint density at radius 3 is 2.57 bits per heavy atom. The topological polar surface area (TPSA) is 100 Å². The number of amidine groups is 1. The van der Waals surface area contributed by atoms with E-state index in [2.05, 4.69) is 17.4 Å². The van der Waals surface area contributed by atoms with Crippen LogP contribution in [-0.4, -0.2) is 53.8 Å².